The molecular weight excluding hydrogens is 484 g/mol. The number of halogens is 1. The zero-order chi connectivity index (χ0) is 24.4. The van der Waals surface area contributed by atoms with Crippen molar-refractivity contribution < 1.29 is 19.1 Å². The van der Waals surface area contributed by atoms with Gasteiger partial charge < -0.3 is 14.8 Å². The van der Waals surface area contributed by atoms with Gasteiger partial charge in [-0.15, -0.1) is 11.3 Å². The van der Waals surface area contributed by atoms with Gasteiger partial charge in [0.2, 0.25) is 0 Å². The molecule has 0 atom stereocenters. The number of rotatable bonds is 6. The Morgan fingerprint density at radius 2 is 1.86 bits per heavy atom. The van der Waals surface area contributed by atoms with Gasteiger partial charge in [0.1, 0.15) is 16.5 Å². The normalized spacial score (nSPS) is 13.1. The molecule has 8 heteroatoms. The molecule has 6 nitrogen and oxygen atoms in total. The van der Waals surface area contributed by atoms with Gasteiger partial charge in [0.15, 0.2) is 0 Å². The number of carboxylic acids is 1. The zero-order valence-corrected chi connectivity index (χ0v) is 20.2. The molecule has 1 aliphatic rings. The number of hydrogen-bond acceptors (Lipinski definition) is 5. The number of nitrogens with zero attached hydrogens (tertiary/aromatic N) is 1. The van der Waals surface area contributed by atoms with Crippen molar-refractivity contribution in [3.63, 3.8) is 0 Å². The van der Waals surface area contributed by atoms with Crippen molar-refractivity contribution in [3.05, 3.63) is 93.0 Å². The molecule has 0 saturated heterocycles. The first-order valence-electron chi connectivity index (χ1n) is 11.2. The predicted molar refractivity (Wildman–Crippen MR) is 139 cm³/mol. The van der Waals surface area contributed by atoms with Crippen LogP contribution in [0, 0.1) is 0 Å². The minimum atomic E-state index is -1.10. The molecule has 2 aromatic carbocycles. The number of aliphatic imine (C=N–C) groups is 1. The summed E-state index contributed by atoms with van der Waals surface area (Å²) in [4.78, 5) is 30.5. The molecule has 4 aromatic rings. The third-order valence-electron chi connectivity index (χ3n) is 5.83. The third kappa shape index (κ3) is 4.92. The first-order chi connectivity index (χ1) is 17.0. The van der Waals surface area contributed by atoms with Crippen molar-refractivity contribution >= 4 is 51.7 Å². The van der Waals surface area contributed by atoms with Crippen LogP contribution in [-0.2, 0) is 12.8 Å². The fourth-order valence-corrected chi connectivity index (χ4v) is 5.56. The van der Waals surface area contributed by atoms with Crippen molar-refractivity contribution in [3.8, 4) is 11.3 Å². The highest BCUT2D eigenvalue weighted by Crippen LogP contribution is 2.40. The summed E-state index contributed by atoms with van der Waals surface area (Å²) in [5, 5.41) is 13.1. The summed E-state index contributed by atoms with van der Waals surface area (Å²) in [6, 6.07) is 17.6. The van der Waals surface area contributed by atoms with E-state index >= 15 is 0 Å². The molecule has 2 heterocycles. The highest BCUT2D eigenvalue weighted by atomic mass is 35.5. The highest BCUT2D eigenvalue weighted by molar-refractivity contribution is 7.16. The number of thiophene rings is 1. The Balaban J connectivity index is 1.43. The second-order valence-corrected chi connectivity index (χ2v) is 9.66. The topological polar surface area (TPSA) is 91.9 Å². The Labute approximate surface area is 210 Å². The van der Waals surface area contributed by atoms with Gasteiger partial charge in [-0.05, 0) is 73.7 Å². The van der Waals surface area contributed by atoms with E-state index in [-0.39, 0.29) is 16.5 Å². The lowest BCUT2D eigenvalue weighted by molar-refractivity contribution is 0.0697. The largest absolute Gasteiger partial charge is 0.478 e. The Kier molecular flexibility index (Phi) is 6.53. The number of carboxylic acid groups (broad SMARTS) is 1. The van der Waals surface area contributed by atoms with Crippen LogP contribution in [0.1, 0.15) is 49.8 Å². The summed E-state index contributed by atoms with van der Waals surface area (Å²) >= 11 is 7.52. The fourth-order valence-electron chi connectivity index (χ4n) is 4.13. The van der Waals surface area contributed by atoms with Crippen LogP contribution in [0.3, 0.4) is 0 Å². The second kappa shape index (κ2) is 9.90. The first kappa shape index (κ1) is 23.1. The van der Waals surface area contributed by atoms with Gasteiger partial charge in [-0.3, -0.25) is 4.79 Å². The van der Waals surface area contributed by atoms with Gasteiger partial charge >= 0.3 is 5.97 Å². The van der Waals surface area contributed by atoms with Gasteiger partial charge in [0.05, 0.1) is 22.4 Å². The molecule has 0 bridgehead atoms. The minimum absolute atomic E-state index is 0.00835. The lowest BCUT2D eigenvalue weighted by Gasteiger charge is -2.12. The number of anilines is 1. The van der Waals surface area contributed by atoms with Crippen LogP contribution in [0.4, 0.5) is 10.7 Å². The number of para-hydroxylation sites is 1. The number of nitrogens with one attached hydrogen (secondary N) is 1. The van der Waals surface area contributed by atoms with E-state index in [1.54, 1.807) is 35.8 Å². The van der Waals surface area contributed by atoms with E-state index < -0.39 is 5.97 Å². The van der Waals surface area contributed by atoms with Crippen LogP contribution >= 0.6 is 22.9 Å². The summed E-state index contributed by atoms with van der Waals surface area (Å²) in [6.07, 6.45) is 5.58. The van der Waals surface area contributed by atoms with Gasteiger partial charge in [0.25, 0.3) is 5.91 Å². The SMILES string of the molecule is O=C(O)c1cc(-c2ccc(C=Nc3sc4c(c3C(=O)Nc3ccccc3)CCCC4)o2)ccc1Cl. The Bertz CT molecular complexity index is 1440. The lowest BCUT2D eigenvalue weighted by Crippen LogP contribution is -2.14. The van der Waals surface area contributed by atoms with E-state index in [0.29, 0.717) is 27.6 Å². The number of amides is 1. The molecule has 176 valence electrons. The van der Waals surface area contributed by atoms with Crippen LogP contribution in [0.25, 0.3) is 11.3 Å². The van der Waals surface area contributed by atoms with Crippen molar-refractivity contribution in [1.29, 1.82) is 0 Å². The average Bonchev–Trinajstić information content (AvgIpc) is 3.48. The lowest BCUT2D eigenvalue weighted by atomic mass is 9.95. The number of benzene rings is 2. The molecule has 5 rings (SSSR count). The molecule has 1 aliphatic carbocycles. The van der Waals surface area contributed by atoms with Crippen molar-refractivity contribution in [2.24, 2.45) is 4.99 Å². The van der Waals surface area contributed by atoms with E-state index in [1.165, 1.54) is 17.0 Å². The van der Waals surface area contributed by atoms with Crippen LogP contribution in [0.5, 0.6) is 0 Å². The average molecular weight is 505 g/mol. The molecule has 2 aromatic heterocycles. The van der Waals surface area contributed by atoms with Crippen molar-refractivity contribution in [1.82, 2.24) is 0 Å². The molecule has 0 aliphatic heterocycles. The molecule has 0 saturated carbocycles. The van der Waals surface area contributed by atoms with Crippen molar-refractivity contribution in [2.75, 3.05) is 5.32 Å². The van der Waals surface area contributed by atoms with E-state index in [1.807, 2.05) is 30.3 Å². The highest BCUT2D eigenvalue weighted by Gasteiger charge is 2.25. The smallest absolute Gasteiger partial charge is 0.337 e. The summed E-state index contributed by atoms with van der Waals surface area (Å²) < 4.78 is 5.88. The van der Waals surface area contributed by atoms with E-state index in [0.717, 1.165) is 36.9 Å². The fraction of sp³-hybridized carbons (Fsp3) is 0.148. The van der Waals surface area contributed by atoms with Gasteiger partial charge in [-0.2, -0.15) is 0 Å². The quantitative estimate of drug-likeness (QED) is 0.271. The van der Waals surface area contributed by atoms with Crippen LogP contribution in [0.15, 0.2) is 70.1 Å². The maximum absolute atomic E-state index is 13.2. The molecule has 0 unspecified atom stereocenters. The number of hydrogen-bond donors (Lipinski definition) is 2. The number of aryl methyl sites for hydroxylation is 1. The second-order valence-electron chi connectivity index (χ2n) is 8.17. The molecule has 0 spiro atoms. The van der Waals surface area contributed by atoms with Crippen molar-refractivity contribution in [2.45, 2.75) is 25.7 Å². The van der Waals surface area contributed by atoms with Crippen LogP contribution in [0.2, 0.25) is 5.02 Å². The molecule has 2 N–H and O–H groups in total. The summed E-state index contributed by atoms with van der Waals surface area (Å²) in [7, 11) is 0. The number of furan rings is 1. The van der Waals surface area contributed by atoms with E-state index in [2.05, 4.69) is 10.3 Å². The summed E-state index contributed by atoms with van der Waals surface area (Å²) in [6.45, 7) is 0. The van der Waals surface area contributed by atoms with E-state index in [4.69, 9.17) is 16.0 Å². The summed E-state index contributed by atoms with van der Waals surface area (Å²) in [5.41, 5.74) is 3.06. The molecular formula is C27H21ClN2O4S. The standard InChI is InChI=1S/C27H21ClN2O4S/c28-21-12-10-16(14-20(21)27(32)33)22-13-11-18(34-22)15-29-26-24(19-8-4-5-9-23(19)35-26)25(31)30-17-6-2-1-3-7-17/h1-3,6-7,10-15H,4-5,8-9H2,(H,30,31)(H,32,33). The molecule has 35 heavy (non-hydrogen) atoms. The van der Waals surface area contributed by atoms with Gasteiger partial charge in [0, 0.05) is 16.1 Å². The van der Waals surface area contributed by atoms with Crippen LogP contribution in [-0.4, -0.2) is 23.2 Å². The molecule has 0 radical (unpaired) electrons. The number of carbonyl (C=O) groups excluding carboxylic acids is 1. The van der Waals surface area contributed by atoms with Crippen LogP contribution < -0.4 is 5.32 Å². The Morgan fingerprint density at radius 1 is 1.06 bits per heavy atom. The zero-order valence-electron chi connectivity index (χ0n) is 18.6. The number of aromatic carboxylic acids is 1. The first-order valence-corrected chi connectivity index (χ1v) is 12.4. The number of carbonyl (C=O) groups is 2. The maximum atomic E-state index is 13.2. The molecule has 0 fully saturated rings. The summed E-state index contributed by atoms with van der Waals surface area (Å²) in [5.74, 6) is -0.274. The number of fused-ring (bicyclic) bond motifs is 1. The Morgan fingerprint density at radius 3 is 2.66 bits per heavy atom. The predicted octanol–water partition coefficient (Wildman–Crippen LogP) is 7.24. The van der Waals surface area contributed by atoms with Gasteiger partial charge in [-0.25, -0.2) is 9.79 Å². The monoisotopic (exact) mass is 504 g/mol. The molecule has 1 amide bonds. The van der Waals surface area contributed by atoms with E-state index in [9.17, 15) is 14.7 Å². The Hall–Kier alpha value is -3.68. The maximum Gasteiger partial charge on any atom is 0.337 e. The third-order valence-corrected chi connectivity index (χ3v) is 7.36. The minimum Gasteiger partial charge on any atom is -0.478 e. The van der Waals surface area contributed by atoms with Gasteiger partial charge in [-0.1, -0.05) is 29.8 Å².